The number of carbonyl (C=O) groups is 1. The van der Waals surface area contributed by atoms with Crippen LogP contribution in [0, 0.1) is 0 Å². The Morgan fingerprint density at radius 3 is 1.40 bits per heavy atom. The van der Waals surface area contributed by atoms with Crippen LogP contribution in [0.25, 0.3) is 0 Å². The van der Waals surface area contributed by atoms with Gasteiger partial charge in [-0.05, 0) is 38.8 Å². The first-order valence-corrected chi connectivity index (χ1v) is 10.7. The fourth-order valence-corrected chi connectivity index (χ4v) is 3.52. The molecule has 0 aliphatic carbocycles. The molecule has 0 aromatic heterocycles. The van der Waals surface area contributed by atoms with Gasteiger partial charge in [0, 0.05) is 25.0 Å². The van der Waals surface area contributed by atoms with Gasteiger partial charge < -0.3 is 18.9 Å². The third-order valence-corrected chi connectivity index (χ3v) is 5.21. The molecule has 0 saturated carbocycles. The van der Waals surface area contributed by atoms with Crippen LogP contribution >= 0.6 is 0 Å². The molecule has 164 valence electrons. The summed E-state index contributed by atoms with van der Waals surface area (Å²) in [7, 11) is 0. The molecule has 0 N–H and O–H groups in total. The molecule has 0 fully saturated rings. The molecule has 0 saturated heterocycles. The zero-order valence-corrected chi connectivity index (χ0v) is 18.5. The standard InChI is InChI=1S/C25H34O5/c1-5-27-19(3)23(21-13-9-7-10-14-21)17-29-25(26)30-18-24(20(4)28-6-2)22-15-11-8-12-16-22/h7-16,19-20,23-24H,5-6,17-18H2,1-4H3. The number of rotatable bonds is 12. The van der Waals surface area contributed by atoms with Gasteiger partial charge in [-0.2, -0.15) is 0 Å². The van der Waals surface area contributed by atoms with E-state index in [1.165, 1.54) is 0 Å². The van der Waals surface area contributed by atoms with E-state index in [-0.39, 0.29) is 37.3 Å². The molecule has 0 aliphatic rings. The van der Waals surface area contributed by atoms with Crippen LogP contribution in [0.2, 0.25) is 0 Å². The van der Waals surface area contributed by atoms with Crippen LogP contribution in [-0.4, -0.2) is 44.8 Å². The van der Waals surface area contributed by atoms with Crippen LogP contribution in [0.5, 0.6) is 0 Å². The van der Waals surface area contributed by atoms with E-state index in [9.17, 15) is 4.79 Å². The average Bonchev–Trinajstić information content (AvgIpc) is 2.76. The number of benzene rings is 2. The zero-order chi connectivity index (χ0) is 21.8. The maximum absolute atomic E-state index is 12.3. The van der Waals surface area contributed by atoms with Gasteiger partial charge in [0.25, 0.3) is 0 Å². The highest BCUT2D eigenvalue weighted by Crippen LogP contribution is 2.24. The van der Waals surface area contributed by atoms with E-state index >= 15 is 0 Å². The lowest BCUT2D eigenvalue weighted by Gasteiger charge is -2.25. The SMILES string of the molecule is CCOC(C)C(COC(=O)OCC(c1ccccc1)C(C)OCC)c1ccccc1. The van der Waals surface area contributed by atoms with Crippen molar-refractivity contribution in [3.05, 3.63) is 71.8 Å². The first-order valence-electron chi connectivity index (χ1n) is 10.7. The molecule has 0 heterocycles. The predicted molar refractivity (Wildman–Crippen MR) is 118 cm³/mol. The van der Waals surface area contributed by atoms with Crippen LogP contribution in [-0.2, 0) is 18.9 Å². The minimum atomic E-state index is -0.677. The van der Waals surface area contributed by atoms with Crippen molar-refractivity contribution in [2.75, 3.05) is 26.4 Å². The maximum atomic E-state index is 12.3. The first-order chi connectivity index (χ1) is 14.6. The summed E-state index contributed by atoms with van der Waals surface area (Å²) in [5.74, 6) is -0.128. The minimum absolute atomic E-state index is 0.0639. The van der Waals surface area contributed by atoms with Gasteiger partial charge in [-0.1, -0.05) is 60.7 Å². The second-order valence-electron chi connectivity index (χ2n) is 7.23. The van der Waals surface area contributed by atoms with E-state index in [0.717, 1.165) is 11.1 Å². The lowest BCUT2D eigenvalue weighted by molar-refractivity contribution is -0.00147. The first kappa shape index (κ1) is 23.9. The lowest BCUT2D eigenvalue weighted by atomic mass is 9.95. The Balaban J connectivity index is 1.96. The zero-order valence-electron chi connectivity index (χ0n) is 18.5. The second kappa shape index (κ2) is 13.0. The Hall–Kier alpha value is -2.37. The van der Waals surface area contributed by atoms with Gasteiger partial charge in [0.1, 0.15) is 13.2 Å². The summed E-state index contributed by atoms with van der Waals surface area (Å²) in [6.07, 6.45) is -0.843. The third-order valence-electron chi connectivity index (χ3n) is 5.21. The molecule has 30 heavy (non-hydrogen) atoms. The maximum Gasteiger partial charge on any atom is 0.508 e. The average molecular weight is 415 g/mol. The van der Waals surface area contributed by atoms with Crippen LogP contribution in [0.4, 0.5) is 4.79 Å². The molecule has 4 unspecified atom stereocenters. The number of hydrogen-bond donors (Lipinski definition) is 0. The summed E-state index contributed by atoms with van der Waals surface area (Å²) < 4.78 is 22.5. The van der Waals surface area contributed by atoms with Gasteiger partial charge >= 0.3 is 6.16 Å². The van der Waals surface area contributed by atoms with Crippen molar-refractivity contribution >= 4 is 6.16 Å². The quantitative estimate of drug-likeness (QED) is 0.426. The summed E-state index contributed by atoms with van der Waals surface area (Å²) in [6, 6.07) is 19.9. The molecule has 2 aromatic carbocycles. The normalized spacial score (nSPS) is 15.1. The second-order valence-corrected chi connectivity index (χ2v) is 7.23. The molecule has 0 aliphatic heterocycles. The molecule has 5 nitrogen and oxygen atoms in total. The van der Waals surface area contributed by atoms with Crippen LogP contribution in [0.1, 0.15) is 50.7 Å². The van der Waals surface area contributed by atoms with Gasteiger partial charge in [-0.3, -0.25) is 0 Å². The third kappa shape index (κ3) is 7.47. The molecule has 0 bridgehead atoms. The van der Waals surface area contributed by atoms with E-state index in [0.29, 0.717) is 13.2 Å². The number of ether oxygens (including phenoxy) is 4. The Bertz CT molecular complexity index is 657. The van der Waals surface area contributed by atoms with Crippen LogP contribution in [0.15, 0.2) is 60.7 Å². The van der Waals surface area contributed by atoms with Crippen molar-refractivity contribution in [3.8, 4) is 0 Å². The van der Waals surface area contributed by atoms with Crippen molar-refractivity contribution in [3.63, 3.8) is 0 Å². The van der Waals surface area contributed by atoms with Crippen molar-refractivity contribution in [1.29, 1.82) is 0 Å². The highest BCUT2D eigenvalue weighted by Gasteiger charge is 2.24. The van der Waals surface area contributed by atoms with E-state index in [2.05, 4.69) is 0 Å². The molecule has 5 heteroatoms. The van der Waals surface area contributed by atoms with Gasteiger partial charge in [0.15, 0.2) is 0 Å². The van der Waals surface area contributed by atoms with Crippen LogP contribution in [0.3, 0.4) is 0 Å². The summed E-state index contributed by atoms with van der Waals surface area (Å²) in [4.78, 5) is 12.3. The fraction of sp³-hybridized carbons (Fsp3) is 0.480. The largest absolute Gasteiger partial charge is 0.508 e. The van der Waals surface area contributed by atoms with Crippen molar-refractivity contribution in [1.82, 2.24) is 0 Å². The Morgan fingerprint density at radius 2 is 1.07 bits per heavy atom. The molecule has 0 spiro atoms. The van der Waals surface area contributed by atoms with Crippen molar-refractivity contribution in [2.45, 2.75) is 51.7 Å². The number of hydrogen-bond acceptors (Lipinski definition) is 5. The summed E-state index contributed by atoms with van der Waals surface area (Å²) in [5, 5.41) is 0. The van der Waals surface area contributed by atoms with Gasteiger partial charge in [-0.25, -0.2) is 4.79 Å². The molecule has 0 radical (unpaired) electrons. The van der Waals surface area contributed by atoms with E-state index in [1.807, 2.05) is 88.4 Å². The number of carbonyl (C=O) groups excluding carboxylic acids is 1. The van der Waals surface area contributed by atoms with Crippen LogP contribution < -0.4 is 0 Å². The van der Waals surface area contributed by atoms with Gasteiger partial charge in [-0.15, -0.1) is 0 Å². The molecular formula is C25H34O5. The molecule has 0 amide bonds. The predicted octanol–water partition coefficient (Wildman–Crippen LogP) is 5.56. The minimum Gasteiger partial charge on any atom is -0.434 e. The Kier molecular flexibility index (Phi) is 10.4. The topological polar surface area (TPSA) is 54.0 Å². The van der Waals surface area contributed by atoms with E-state index < -0.39 is 6.16 Å². The van der Waals surface area contributed by atoms with E-state index in [4.69, 9.17) is 18.9 Å². The van der Waals surface area contributed by atoms with Crippen molar-refractivity contribution < 1.29 is 23.7 Å². The van der Waals surface area contributed by atoms with E-state index in [1.54, 1.807) is 0 Å². The summed E-state index contributed by atoms with van der Waals surface area (Å²) in [6.45, 7) is 9.48. The highest BCUT2D eigenvalue weighted by atomic mass is 16.7. The smallest absolute Gasteiger partial charge is 0.434 e. The summed E-state index contributed by atoms with van der Waals surface area (Å²) >= 11 is 0. The van der Waals surface area contributed by atoms with Crippen molar-refractivity contribution in [2.24, 2.45) is 0 Å². The highest BCUT2D eigenvalue weighted by molar-refractivity contribution is 5.60. The lowest BCUT2D eigenvalue weighted by Crippen LogP contribution is -2.27. The molecule has 4 atom stereocenters. The molecule has 2 aromatic rings. The Morgan fingerprint density at radius 1 is 0.700 bits per heavy atom. The van der Waals surface area contributed by atoms with Gasteiger partial charge in [0.2, 0.25) is 0 Å². The fourth-order valence-electron chi connectivity index (χ4n) is 3.52. The Labute approximate surface area is 180 Å². The summed E-state index contributed by atoms with van der Waals surface area (Å²) in [5.41, 5.74) is 2.14. The molecule has 2 rings (SSSR count). The molecular weight excluding hydrogens is 380 g/mol. The van der Waals surface area contributed by atoms with Gasteiger partial charge in [0.05, 0.1) is 12.2 Å². The monoisotopic (exact) mass is 414 g/mol.